The number of anilines is 5. The predicted octanol–water partition coefficient (Wildman–Crippen LogP) is 15.4. The van der Waals surface area contributed by atoms with Crippen molar-refractivity contribution in [3.63, 3.8) is 0 Å². The second-order valence-corrected chi connectivity index (χ2v) is 15.5. The van der Waals surface area contributed by atoms with Crippen LogP contribution in [0.3, 0.4) is 0 Å². The maximum atomic E-state index is 2.39. The van der Waals surface area contributed by atoms with Crippen LogP contribution < -0.4 is 9.80 Å². The van der Waals surface area contributed by atoms with Gasteiger partial charge in [-0.15, -0.1) is 0 Å². The fourth-order valence-corrected chi connectivity index (χ4v) is 8.34. The van der Waals surface area contributed by atoms with Gasteiger partial charge in [0.2, 0.25) is 0 Å². The first-order chi connectivity index (χ1) is 28.4. The third kappa shape index (κ3) is 7.17. The van der Waals surface area contributed by atoms with Crippen LogP contribution in [-0.4, -0.2) is 7.05 Å². The Bertz CT molecular complexity index is 2790. The second-order valence-electron chi connectivity index (χ2n) is 15.5. The highest BCUT2D eigenvalue weighted by atomic mass is 15.1. The molecule has 0 aliphatic heterocycles. The van der Waals surface area contributed by atoms with Crippen LogP contribution >= 0.6 is 0 Å². The van der Waals surface area contributed by atoms with Crippen molar-refractivity contribution < 1.29 is 0 Å². The number of fused-ring (bicyclic) bond motifs is 4. The van der Waals surface area contributed by atoms with E-state index in [0.717, 1.165) is 5.69 Å². The standard InChI is InChI=1S/C31H25N.C25H21N/c1-31(2)29-15-9-8-14-27(29)28-19-18-26(21-30(28)31)32(24-12-4-3-5-13-24)25-17-16-22-10-6-7-11-23(22)20-25;1-26(24-10-6-3-7-11-24)25-18-16-23(17-19-25)22-14-12-21(13-15-22)20-8-4-2-5-9-20/h3-21H,1-2H3;2-19H,1H3. The minimum atomic E-state index is -0.0202. The zero-order chi connectivity index (χ0) is 39.5. The summed E-state index contributed by atoms with van der Waals surface area (Å²) in [5.74, 6) is 0. The Hall–Kier alpha value is -7.16. The number of para-hydroxylation sites is 2. The van der Waals surface area contributed by atoms with Gasteiger partial charge in [-0.05, 0) is 116 Å². The van der Waals surface area contributed by atoms with Gasteiger partial charge in [0.1, 0.15) is 0 Å². The summed E-state index contributed by atoms with van der Waals surface area (Å²) in [5.41, 5.74) is 16.3. The van der Waals surface area contributed by atoms with Crippen LogP contribution in [0.2, 0.25) is 0 Å². The fourth-order valence-electron chi connectivity index (χ4n) is 8.34. The van der Waals surface area contributed by atoms with Gasteiger partial charge in [-0.25, -0.2) is 0 Å². The monoisotopic (exact) mass is 746 g/mol. The van der Waals surface area contributed by atoms with Gasteiger partial charge in [0.05, 0.1) is 0 Å². The maximum Gasteiger partial charge on any atom is 0.0468 e. The predicted molar refractivity (Wildman–Crippen MR) is 248 cm³/mol. The molecule has 0 saturated carbocycles. The van der Waals surface area contributed by atoms with Gasteiger partial charge >= 0.3 is 0 Å². The average molecular weight is 747 g/mol. The molecule has 10 rings (SSSR count). The van der Waals surface area contributed by atoms with E-state index in [2.05, 4.69) is 243 Å². The van der Waals surface area contributed by atoms with Crippen LogP contribution in [0, 0.1) is 0 Å². The normalized spacial score (nSPS) is 12.2. The molecule has 9 aromatic rings. The van der Waals surface area contributed by atoms with Crippen molar-refractivity contribution >= 4 is 39.2 Å². The highest BCUT2D eigenvalue weighted by Gasteiger charge is 2.35. The average Bonchev–Trinajstić information content (AvgIpc) is 3.52. The molecule has 0 atom stereocenters. The summed E-state index contributed by atoms with van der Waals surface area (Å²) in [6, 6.07) is 80.1. The first-order valence-electron chi connectivity index (χ1n) is 20.1. The van der Waals surface area contributed by atoms with Crippen molar-refractivity contribution in [1.29, 1.82) is 0 Å². The number of nitrogens with zero attached hydrogens (tertiary/aromatic N) is 2. The molecule has 0 spiro atoms. The molecule has 280 valence electrons. The van der Waals surface area contributed by atoms with Gasteiger partial charge in [0, 0.05) is 40.9 Å². The van der Waals surface area contributed by atoms with Gasteiger partial charge in [-0.2, -0.15) is 0 Å². The number of hydrogen-bond acceptors (Lipinski definition) is 2. The molecule has 0 heterocycles. The van der Waals surface area contributed by atoms with Crippen LogP contribution in [0.1, 0.15) is 25.0 Å². The van der Waals surface area contributed by atoms with E-state index in [1.54, 1.807) is 0 Å². The fraction of sp³-hybridized carbons (Fsp3) is 0.0714. The first kappa shape index (κ1) is 36.5. The smallest absolute Gasteiger partial charge is 0.0468 e. The zero-order valence-electron chi connectivity index (χ0n) is 33.3. The van der Waals surface area contributed by atoms with Gasteiger partial charge in [0.25, 0.3) is 0 Å². The molecule has 0 bridgehead atoms. The lowest BCUT2D eigenvalue weighted by Gasteiger charge is -2.28. The van der Waals surface area contributed by atoms with E-state index in [9.17, 15) is 0 Å². The van der Waals surface area contributed by atoms with Crippen LogP contribution in [0.25, 0.3) is 44.2 Å². The van der Waals surface area contributed by atoms with E-state index in [0.29, 0.717) is 0 Å². The molecule has 2 nitrogen and oxygen atoms in total. The molecule has 0 N–H and O–H groups in total. The Morgan fingerprint density at radius 1 is 0.310 bits per heavy atom. The van der Waals surface area contributed by atoms with Gasteiger partial charge in [-0.3, -0.25) is 0 Å². The Balaban J connectivity index is 0.000000154. The molecule has 0 amide bonds. The first-order valence-corrected chi connectivity index (χ1v) is 20.1. The van der Waals surface area contributed by atoms with Crippen molar-refractivity contribution in [2.75, 3.05) is 16.8 Å². The molecule has 9 aromatic carbocycles. The lowest BCUT2D eigenvalue weighted by molar-refractivity contribution is 0.660. The summed E-state index contributed by atoms with van der Waals surface area (Å²) in [7, 11) is 2.10. The summed E-state index contributed by atoms with van der Waals surface area (Å²) < 4.78 is 0. The van der Waals surface area contributed by atoms with Gasteiger partial charge in [-0.1, -0.05) is 178 Å². The van der Waals surface area contributed by atoms with E-state index in [1.165, 1.54) is 78.0 Å². The molecule has 0 unspecified atom stereocenters. The Labute approximate surface area is 342 Å². The summed E-state index contributed by atoms with van der Waals surface area (Å²) in [5, 5.41) is 2.51. The molecular formula is C56H46N2. The molecule has 0 radical (unpaired) electrons. The largest absolute Gasteiger partial charge is 0.345 e. The Kier molecular flexibility index (Phi) is 9.91. The summed E-state index contributed by atoms with van der Waals surface area (Å²) >= 11 is 0. The zero-order valence-corrected chi connectivity index (χ0v) is 33.3. The molecular weight excluding hydrogens is 701 g/mol. The number of hydrogen-bond donors (Lipinski definition) is 0. The van der Waals surface area contributed by atoms with Crippen molar-refractivity contribution in [2.24, 2.45) is 0 Å². The molecule has 0 fully saturated rings. The topological polar surface area (TPSA) is 6.48 Å². The lowest BCUT2D eigenvalue weighted by Crippen LogP contribution is -2.16. The third-order valence-electron chi connectivity index (χ3n) is 11.6. The Morgan fingerprint density at radius 2 is 0.741 bits per heavy atom. The maximum absolute atomic E-state index is 2.39. The second kappa shape index (κ2) is 15.8. The number of rotatable bonds is 7. The van der Waals surface area contributed by atoms with Crippen molar-refractivity contribution in [1.82, 2.24) is 0 Å². The highest BCUT2D eigenvalue weighted by Crippen LogP contribution is 2.50. The summed E-state index contributed by atoms with van der Waals surface area (Å²) in [6.07, 6.45) is 0. The molecule has 0 aromatic heterocycles. The SMILES string of the molecule is CC1(C)c2ccccc2-c2ccc(N(c3ccccc3)c3ccc4ccccc4c3)cc21.CN(c1ccccc1)c1ccc(-c2ccc(-c3ccccc3)cc2)cc1. The number of benzene rings is 9. The van der Waals surface area contributed by atoms with E-state index in [4.69, 9.17) is 0 Å². The quantitative estimate of drug-likeness (QED) is 0.160. The Morgan fingerprint density at radius 3 is 1.40 bits per heavy atom. The lowest BCUT2D eigenvalue weighted by atomic mass is 9.82. The highest BCUT2D eigenvalue weighted by molar-refractivity contribution is 5.90. The molecule has 0 saturated heterocycles. The van der Waals surface area contributed by atoms with Crippen molar-refractivity contribution in [3.05, 3.63) is 236 Å². The summed E-state index contributed by atoms with van der Waals surface area (Å²) in [4.78, 5) is 4.56. The molecule has 58 heavy (non-hydrogen) atoms. The molecule has 2 heteroatoms. The van der Waals surface area contributed by atoms with Crippen LogP contribution in [0.15, 0.2) is 224 Å². The minimum absolute atomic E-state index is 0.0202. The summed E-state index contributed by atoms with van der Waals surface area (Å²) in [6.45, 7) is 4.68. The van der Waals surface area contributed by atoms with Crippen molar-refractivity contribution in [2.45, 2.75) is 19.3 Å². The van der Waals surface area contributed by atoms with E-state index < -0.39 is 0 Å². The third-order valence-corrected chi connectivity index (χ3v) is 11.6. The van der Waals surface area contributed by atoms with Gasteiger partial charge in [0.15, 0.2) is 0 Å². The van der Waals surface area contributed by atoms with Crippen LogP contribution in [-0.2, 0) is 5.41 Å². The van der Waals surface area contributed by atoms with Crippen LogP contribution in [0.4, 0.5) is 28.4 Å². The van der Waals surface area contributed by atoms with Crippen LogP contribution in [0.5, 0.6) is 0 Å². The molecule has 1 aliphatic carbocycles. The van der Waals surface area contributed by atoms with Crippen molar-refractivity contribution in [3.8, 4) is 33.4 Å². The van der Waals surface area contributed by atoms with E-state index in [-0.39, 0.29) is 5.41 Å². The molecule has 1 aliphatic rings. The van der Waals surface area contributed by atoms with E-state index >= 15 is 0 Å². The van der Waals surface area contributed by atoms with E-state index in [1.807, 2.05) is 12.1 Å². The minimum Gasteiger partial charge on any atom is -0.345 e. The van der Waals surface area contributed by atoms with Gasteiger partial charge < -0.3 is 9.80 Å².